The van der Waals surface area contributed by atoms with Crippen LogP contribution in [0, 0.1) is 11.3 Å². The smallest absolute Gasteiger partial charge is 0.0991 e. The second kappa shape index (κ2) is 5.60. The Morgan fingerprint density at radius 3 is 2.44 bits per heavy atom. The lowest BCUT2D eigenvalue weighted by molar-refractivity contribution is 1.47. The van der Waals surface area contributed by atoms with Gasteiger partial charge in [0.1, 0.15) is 0 Å². The molecule has 0 aliphatic rings. The van der Waals surface area contributed by atoms with Crippen molar-refractivity contribution in [1.29, 1.82) is 5.26 Å². The molecule has 2 aromatic rings. The molecule has 2 rings (SSSR count). The Hall–Kier alpha value is -2.66. The lowest BCUT2D eigenvalue weighted by Crippen LogP contribution is -1.82. The van der Waals surface area contributed by atoms with Crippen molar-refractivity contribution in [2.75, 3.05) is 0 Å². The number of hydrogen-bond acceptors (Lipinski definition) is 2. The van der Waals surface area contributed by atoms with Crippen LogP contribution < -0.4 is 0 Å². The van der Waals surface area contributed by atoms with Crippen LogP contribution in [0.25, 0.3) is 6.08 Å². The first-order valence-corrected chi connectivity index (χ1v) is 5.59. The van der Waals surface area contributed by atoms with E-state index in [4.69, 9.17) is 5.26 Å². The van der Waals surface area contributed by atoms with Crippen LogP contribution in [0.5, 0.6) is 0 Å². The Morgan fingerprint density at radius 2 is 1.78 bits per heavy atom. The molecule has 0 unspecified atom stereocenters. The molecule has 2 heteroatoms. The molecule has 86 valence electrons. The largest absolute Gasteiger partial charge is 0.256 e. The van der Waals surface area contributed by atoms with Crippen LogP contribution >= 0.6 is 0 Å². The summed E-state index contributed by atoms with van der Waals surface area (Å²) in [6, 6.07) is 17.2. The summed E-state index contributed by atoms with van der Waals surface area (Å²) in [6.45, 7) is 3.76. The van der Waals surface area contributed by atoms with Crippen molar-refractivity contribution in [3.8, 4) is 6.07 Å². The molecule has 0 bridgehead atoms. The zero-order chi connectivity index (χ0) is 12.8. The van der Waals surface area contributed by atoms with Crippen LogP contribution in [-0.2, 0) is 0 Å². The number of nitrogens with zero attached hydrogens (tertiary/aromatic N) is 2. The van der Waals surface area contributed by atoms with E-state index in [9.17, 15) is 0 Å². The van der Waals surface area contributed by atoms with Gasteiger partial charge in [-0.25, -0.2) is 0 Å². The van der Waals surface area contributed by atoms with E-state index in [2.05, 4.69) is 17.6 Å². The van der Waals surface area contributed by atoms with Gasteiger partial charge < -0.3 is 0 Å². The lowest BCUT2D eigenvalue weighted by atomic mass is 10.1. The first-order chi connectivity index (χ1) is 8.83. The summed E-state index contributed by atoms with van der Waals surface area (Å²) in [5.74, 6) is 0. The molecule has 18 heavy (non-hydrogen) atoms. The third kappa shape index (κ3) is 2.72. The molecule has 0 heterocycles. The van der Waals surface area contributed by atoms with Crippen LogP contribution in [-0.4, -0.2) is 6.21 Å². The molecule has 0 N–H and O–H groups in total. The van der Waals surface area contributed by atoms with E-state index in [0.29, 0.717) is 5.56 Å². The molecule has 0 aliphatic heterocycles. The summed E-state index contributed by atoms with van der Waals surface area (Å²) in [4.78, 5) is 4.42. The molecule has 0 spiro atoms. The fraction of sp³-hybridized carbons (Fsp3) is 0. The van der Waals surface area contributed by atoms with E-state index < -0.39 is 0 Å². The van der Waals surface area contributed by atoms with Gasteiger partial charge in [0.05, 0.1) is 17.3 Å². The van der Waals surface area contributed by atoms with Gasteiger partial charge in [-0.3, -0.25) is 4.99 Å². The van der Waals surface area contributed by atoms with Crippen LogP contribution in [0.3, 0.4) is 0 Å². The summed E-state index contributed by atoms with van der Waals surface area (Å²) in [5.41, 5.74) is 3.51. The van der Waals surface area contributed by atoms with Gasteiger partial charge in [0.15, 0.2) is 0 Å². The molecule has 2 nitrogen and oxygen atoms in total. The maximum Gasteiger partial charge on any atom is 0.0991 e. The second-order valence-corrected chi connectivity index (χ2v) is 3.75. The normalized spacial score (nSPS) is 10.2. The van der Waals surface area contributed by atoms with Gasteiger partial charge in [0.2, 0.25) is 0 Å². The minimum absolute atomic E-state index is 0.652. The zero-order valence-electron chi connectivity index (χ0n) is 9.88. The monoisotopic (exact) mass is 232 g/mol. The van der Waals surface area contributed by atoms with Crippen molar-refractivity contribution in [2.24, 2.45) is 4.99 Å². The van der Waals surface area contributed by atoms with Gasteiger partial charge in [-0.1, -0.05) is 43.0 Å². The highest BCUT2D eigenvalue weighted by Gasteiger charge is 1.95. The van der Waals surface area contributed by atoms with Crippen molar-refractivity contribution >= 4 is 18.0 Å². The van der Waals surface area contributed by atoms with E-state index in [-0.39, 0.29) is 0 Å². The Morgan fingerprint density at radius 1 is 1.06 bits per heavy atom. The van der Waals surface area contributed by atoms with Crippen molar-refractivity contribution in [2.45, 2.75) is 0 Å². The number of rotatable bonds is 3. The Kier molecular flexibility index (Phi) is 3.68. The SMILES string of the molecule is C=Cc1ccccc1N=Cc1ccc(C#N)cc1. The van der Waals surface area contributed by atoms with Gasteiger partial charge in [0, 0.05) is 6.21 Å². The summed E-state index contributed by atoms with van der Waals surface area (Å²) < 4.78 is 0. The predicted octanol–water partition coefficient (Wildman–Crippen LogP) is 3.95. The molecule has 0 saturated heterocycles. The van der Waals surface area contributed by atoms with Crippen LogP contribution in [0.2, 0.25) is 0 Å². The summed E-state index contributed by atoms with van der Waals surface area (Å²) in [5, 5.41) is 8.71. The van der Waals surface area contributed by atoms with E-state index in [1.165, 1.54) is 0 Å². The first kappa shape index (κ1) is 11.8. The molecule has 0 aromatic heterocycles. The maximum absolute atomic E-state index is 8.71. The Balaban J connectivity index is 2.24. The van der Waals surface area contributed by atoms with Crippen LogP contribution in [0.1, 0.15) is 16.7 Å². The average Bonchev–Trinajstić information content (AvgIpc) is 2.46. The molecule has 0 amide bonds. The predicted molar refractivity (Wildman–Crippen MR) is 74.9 cm³/mol. The summed E-state index contributed by atoms with van der Waals surface area (Å²) in [6.07, 6.45) is 3.56. The highest BCUT2D eigenvalue weighted by Crippen LogP contribution is 2.19. The highest BCUT2D eigenvalue weighted by molar-refractivity contribution is 5.83. The summed E-state index contributed by atoms with van der Waals surface area (Å²) >= 11 is 0. The van der Waals surface area contributed by atoms with Crippen molar-refractivity contribution in [3.63, 3.8) is 0 Å². The second-order valence-electron chi connectivity index (χ2n) is 3.75. The minimum Gasteiger partial charge on any atom is -0.256 e. The van der Waals surface area contributed by atoms with E-state index in [1.54, 1.807) is 24.4 Å². The quantitative estimate of drug-likeness (QED) is 0.738. The number of nitriles is 1. The minimum atomic E-state index is 0.652. The number of hydrogen-bond donors (Lipinski definition) is 0. The third-order valence-electron chi connectivity index (χ3n) is 2.55. The molecule has 0 saturated carbocycles. The lowest BCUT2D eigenvalue weighted by Gasteiger charge is -1.99. The molecule has 2 aromatic carbocycles. The number of para-hydroxylation sites is 1. The fourth-order valence-electron chi connectivity index (χ4n) is 1.57. The van der Waals surface area contributed by atoms with Crippen LogP contribution in [0.15, 0.2) is 60.1 Å². The number of benzene rings is 2. The maximum atomic E-state index is 8.71. The Bertz CT molecular complexity index is 616. The first-order valence-electron chi connectivity index (χ1n) is 5.59. The molecule has 0 atom stereocenters. The highest BCUT2D eigenvalue weighted by atomic mass is 14.7. The van der Waals surface area contributed by atoms with Crippen molar-refractivity contribution in [3.05, 3.63) is 71.8 Å². The van der Waals surface area contributed by atoms with Gasteiger partial charge >= 0.3 is 0 Å². The molecule has 0 radical (unpaired) electrons. The molecular formula is C16H12N2. The van der Waals surface area contributed by atoms with Crippen molar-refractivity contribution in [1.82, 2.24) is 0 Å². The number of aliphatic imine (C=N–C) groups is 1. The Labute approximate surface area is 107 Å². The average molecular weight is 232 g/mol. The van der Waals surface area contributed by atoms with E-state index in [0.717, 1.165) is 16.8 Å². The van der Waals surface area contributed by atoms with Gasteiger partial charge in [0.25, 0.3) is 0 Å². The van der Waals surface area contributed by atoms with Gasteiger partial charge in [-0.05, 0) is 29.3 Å². The fourth-order valence-corrected chi connectivity index (χ4v) is 1.57. The third-order valence-corrected chi connectivity index (χ3v) is 2.55. The van der Waals surface area contributed by atoms with E-state index in [1.807, 2.05) is 36.4 Å². The topological polar surface area (TPSA) is 36.1 Å². The summed E-state index contributed by atoms with van der Waals surface area (Å²) in [7, 11) is 0. The molecule has 0 fully saturated rings. The standard InChI is InChI=1S/C16H12N2/c1-2-15-5-3-4-6-16(15)18-12-14-9-7-13(11-17)8-10-14/h2-10,12H,1H2. The molecule has 0 aliphatic carbocycles. The van der Waals surface area contributed by atoms with Crippen LogP contribution in [0.4, 0.5) is 5.69 Å². The van der Waals surface area contributed by atoms with Crippen molar-refractivity contribution < 1.29 is 0 Å². The zero-order valence-corrected chi connectivity index (χ0v) is 9.88. The van der Waals surface area contributed by atoms with Gasteiger partial charge in [-0.15, -0.1) is 0 Å². The van der Waals surface area contributed by atoms with Gasteiger partial charge in [-0.2, -0.15) is 5.26 Å². The van der Waals surface area contributed by atoms with E-state index >= 15 is 0 Å². The molecular weight excluding hydrogens is 220 g/mol.